The molecule has 82 valence electrons. The summed E-state index contributed by atoms with van der Waals surface area (Å²) in [5.74, 6) is 0. The molecule has 1 heteroatoms. The first-order valence-corrected chi connectivity index (χ1v) is 5.07. The van der Waals surface area contributed by atoms with E-state index in [1.54, 1.807) is 7.11 Å². The van der Waals surface area contributed by atoms with Gasteiger partial charge >= 0.3 is 0 Å². The lowest BCUT2D eigenvalue weighted by Gasteiger charge is -1.99. The van der Waals surface area contributed by atoms with Crippen LogP contribution in [0.1, 0.15) is 5.56 Å². The van der Waals surface area contributed by atoms with Gasteiger partial charge in [0.2, 0.25) is 0 Å². The van der Waals surface area contributed by atoms with Crippen molar-refractivity contribution in [2.24, 2.45) is 0 Å². The van der Waals surface area contributed by atoms with E-state index < -0.39 is 0 Å². The highest BCUT2D eigenvalue weighted by molar-refractivity contribution is 5.90. The second-order valence-electron chi connectivity index (χ2n) is 3.17. The number of ether oxygens (including phenoxy) is 1. The van der Waals surface area contributed by atoms with Crippen LogP contribution in [0.15, 0.2) is 61.9 Å². The lowest BCUT2D eigenvalue weighted by Crippen LogP contribution is -1.75. The third-order valence-corrected chi connectivity index (χ3v) is 2.21. The van der Waals surface area contributed by atoms with Crippen molar-refractivity contribution in [2.75, 3.05) is 7.11 Å². The molecule has 0 radical (unpaired) electrons. The second-order valence-corrected chi connectivity index (χ2v) is 3.17. The monoisotopic (exact) mass is 212 g/mol. The Morgan fingerprint density at radius 2 is 1.62 bits per heavy atom. The molecule has 2 rings (SSSR count). The molecule has 0 heterocycles. The minimum Gasteiger partial charge on any atom is -0.505 e. The molecule has 0 saturated carbocycles. The number of hydrogen-bond donors (Lipinski definition) is 0. The SMILES string of the molecule is C=COC.C=Cc1cccc2ccccc12. The van der Waals surface area contributed by atoms with Crippen LogP contribution in [0.25, 0.3) is 16.8 Å². The first-order chi connectivity index (χ1) is 7.83. The van der Waals surface area contributed by atoms with Crippen molar-refractivity contribution in [1.82, 2.24) is 0 Å². The molecule has 1 nitrogen and oxygen atoms in total. The zero-order chi connectivity index (χ0) is 11.8. The van der Waals surface area contributed by atoms with Gasteiger partial charge in [-0.1, -0.05) is 61.7 Å². The fraction of sp³-hybridized carbons (Fsp3) is 0.0667. The molecule has 0 unspecified atom stereocenters. The smallest absolute Gasteiger partial charge is 0.0766 e. The van der Waals surface area contributed by atoms with Crippen LogP contribution in [0.3, 0.4) is 0 Å². The minimum absolute atomic E-state index is 1.20. The normalized spacial score (nSPS) is 8.81. The van der Waals surface area contributed by atoms with Crippen molar-refractivity contribution in [2.45, 2.75) is 0 Å². The predicted octanol–water partition coefficient (Wildman–Crippen LogP) is 4.26. The van der Waals surface area contributed by atoms with Gasteiger partial charge in [-0.2, -0.15) is 0 Å². The number of fused-ring (bicyclic) bond motifs is 1. The number of benzene rings is 2. The highest BCUT2D eigenvalue weighted by atomic mass is 16.5. The summed E-state index contributed by atoms with van der Waals surface area (Å²) in [5.41, 5.74) is 1.20. The molecule has 0 atom stereocenters. The fourth-order valence-electron chi connectivity index (χ4n) is 1.43. The molecule has 0 N–H and O–H groups in total. The Morgan fingerprint density at radius 3 is 2.25 bits per heavy atom. The molecule has 0 aromatic heterocycles. The summed E-state index contributed by atoms with van der Waals surface area (Å²) < 4.78 is 4.31. The Balaban J connectivity index is 0.000000280. The summed E-state index contributed by atoms with van der Waals surface area (Å²) in [6.45, 7) is 7.04. The zero-order valence-corrected chi connectivity index (χ0v) is 9.52. The Hall–Kier alpha value is -2.02. The van der Waals surface area contributed by atoms with Crippen LogP contribution in [0, 0.1) is 0 Å². The molecule has 0 aliphatic heterocycles. The second kappa shape index (κ2) is 6.46. The third kappa shape index (κ3) is 2.99. The summed E-state index contributed by atoms with van der Waals surface area (Å²) in [6, 6.07) is 14.6. The number of rotatable bonds is 2. The molecular formula is C15H16O. The molecule has 2 aromatic carbocycles. The summed E-state index contributed by atoms with van der Waals surface area (Å²) >= 11 is 0. The Morgan fingerprint density at radius 1 is 1.00 bits per heavy atom. The van der Waals surface area contributed by atoms with Crippen LogP contribution in [0.4, 0.5) is 0 Å². The topological polar surface area (TPSA) is 9.23 Å². The van der Waals surface area contributed by atoms with E-state index >= 15 is 0 Å². The van der Waals surface area contributed by atoms with Gasteiger partial charge in [-0.25, -0.2) is 0 Å². The molecule has 0 spiro atoms. The van der Waals surface area contributed by atoms with Crippen molar-refractivity contribution in [3.05, 3.63) is 67.4 Å². The quantitative estimate of drug-likeness (QED) is 0.676. The Bertz CT molecular complexity index is 466. The van der Waals surface area contributed by atoms with E-state index in [4.69, 9.17) is 0 Å². The summed E-state index contributed by atoms with van der Waals surface area (Å²) in [7, 11) is 1.56. The van der Waals surface area contributed by atoms with Crippen molar-refractivity contribution >= 4 is 16.8 Å². The molecule has 0 fully saturated rings. The molecule has 0 saturated heterocycles. The number of methoxy groups -OCH3 is 1. The average molecular weight is 212 g/mol. The molecule has 2 aromatic rings. The zero-order valence-electron chi connectivity index (χ0n) is 9.52. The van der Waals surface area contributed by atoms with E-state index in [0.717, 1.165) is 0 Å². The van der Waals surface area contributed by atoms with E-state index in [1.807, 2.05) is 6.08 Å². The van der Waals surface area contributed by atoms with E-state index in [-0.39, 0.29) is 0 Å². The van der Waals surface area contributed by atoms with E-state index in [0.29, 0.717) is 0 Å². The van der Waals surface area contributed by atoms with Crippen molar-refractivity contribution in [3.63, 3.8) is 0 Å². The van der Waals surface area contributed by atoms with Gasteiger partial charge in [0.15, 0.2) is 0 Å². The van der Waals surface area contributed by atoms with E-state index in [9.17, 15) is 0 Å². The van der Waals surface area contributed by atoms with Crippen LogP contribution in [-0.4, -0.2) is 7.11 Å². The molecular weight excluding hydrogens is 196 g/mol. The summed E-state index contributed by atoms with van der Waals surface area (Å²) in [5, 5.41) is 2.55. The van der Waals surface area contributed by atoms with E-state index in [2.05, 4.69) is 60.4 Å². The first kappa shape index (κ1) is 12.1. The van der Waals surface area contributed by atoms with Gasteiger partial charge in [0.1, 0.15) is 0 Å². The Labute approximate surface area is 96.7 Å². The summed E-state index contributed by atoms with van der Waals surface area (Å²) in [4.78, 5) is 0. The van der Waals surface area contributed by atoms with Gasteiger partial charge in [0.05, 0.1) is 13.4 Å². The van der Waals surface area contributed by atoms with Crippen molar-refractivity contribution in [1.29, 1.82) is 0 Å². The van der Waals surface area contributed by atoms with Crippen LogP contribution in [0.5, 0.6) is 0 Å². The number of hydrogen-bond acceptors (Lipinski definition) is 1. The predicted molar refractivity (Wildman–Crippen MR) is 71.2 cm³/mol. The summed E-state index contributed by atoms with van der Waals surface area (Å²) in [6.07, 6.45) is 3.27. The minimum atomic E-state index is 1.20. The third-order valence-electron chi connectivity index (χ3n) is 2.21. The largest absolute Gasteiger partial charge is 0.505 e. The Kier molecular flexibility index (Phi) is 4.87. The van der Waals surface area contributed by atoms with Crippen molar-refractivity contribution < 1.29 is 4.74 Å². The molecule has 16 heavy (non-hydrogen) atoms. The molecule has 0 bridgehead atoms. The lowest BCUT2D eigenvalue weighted by molar-refractivity contribution is 0.339. The van der Waals surface area contributed by atoms with Crippen LogP contribution < -0.4 is 0 Å². The maximum absolute atomic E-state index is 4.31. The average Bonchev–Trinajstić information content (AvgIpc) is 2.38. The van der Waals surface area contributed by atoms with Crippen LogP contribution in [0.2, 0.25) is 0 Å². The van der Waals surface area contributed by atoms with Gasteiger partial charge < -0.3 is 4.74 Å². The first-order valence-electron chi connectivity index (χ1n) is 5.07. The maximum Gasteiger partial charge on any atom is 0.0766 e. The maximum atomic E-state index is 4.31. The molecule has 0 aliphatic carbocycles. The van der Waals surface area contributed by atoms with Gasteiger partial charge in [-0.3, -0.25) is 0 Å². The van der Waals surface area contributed by atoms with Crippen molar-refractivity contribution in [3.8, 4) is 0 Å². The highest BCUT2D eigenvalue weighted by Gasteiger charge is 1.93. The van der Waals surface area contributed by atoms with Gasteiger partial charge in [-0.15, -0.1) is 0 Å². The highest BCUT2D eigenvalue weighted by Crippen LogP contribution is 2.18. The standard InChI is InChI=1S/C12H10.C3H6O/c1-2-10-7-5-8-11-6-3-4-9-12(10)11;1-3-4-2/h2-9H,1H2;3H,1H2,2H3. The van der Waals surface area contributed by atoms with Gasteiger partial charge in [-0.05, 0) is 16.3 Å². The lowest BCUT2D eigenvalue weighted by atomic mass is 10.1. The fourth-order valence-corrected chi connectivity index (χ4v) is 1.43. The molecule has 0 amide bonds. The van der Waals surface area contributed by atoms with Crippen LogP contribution >= 0.6 is 0 Å². The molecule has 0 aliphatic rings. The van der Waals surface area contributed by atoms with Gasteiger partial charge in [0, 0.05) is 0 Å². The van der Waals surface area contributed by atoms with Crippen LogP contribution in [-0.2, 0) is 4.74 Å². The van der Waals surface area contributed by atoms with Gasteiger partial charge in [0.25, 0.3) is 0 Å². The van der Waals surface area contributed by atoms with E-state index in [1.165, 1.54) is 22.6 Å².